The Morgan fingerprint density at radius 3 is 1.47 bits per heavy atom. The lowest BCUT2D eigenvalue weighted by Crippen LogP contribution is -2.26. The average Bonchev–Trinajstić information content (AvgIpc) is 2.84. The average molecular weight is 445 g/mol. The Morgan fingerprint density at radius 1 is 0.469 bits per heavy atom. The molecule has 3 fully saturated rings. The summed E-state index contributed by atoms with van der Waals surface area (Å²) in [7, 11) is 0. The van der Waals surface area contributed by atoms with Gasteiger partial charge in [0.15, 0.2) is 0 Å². The second kappa shape index (κ2) is 15.1. The standard InChI is InChI=1S/C32H60/c1-3-5-8-12-28-13-15-29(16-14-28)17-18-30-19-21-31(22-20-30)23-27-32(24-9-6-4-2)25-10-7-11-26-32/h28-31H,3-27H2,1-2H3. The van der Waals surface area contributed by atoms with Crippen molar-refractivity contribution in [1.29, 1.82) is 0 Å². The molecule has 0 N–H and O–H groups in total. The highest BCUT2D eigenvalue weighted by molar-refractivity contribution is 4.85. The molecule has 0 unspecified atom stereocenters. The normalized spacial score (nSPS) is 30.9. The molecule has 0 aromatic carbocycles. The molecule has 3 aliphatic rings. The lowest BCUT2D eigenvalue weighted by molar-refractivity contribution is 0.127. The Hall–Kier alpha value is 0. The second-order valence-electron chi connectivity index (χ2n) is 12.9. The summed E-state index contributed by atoms with van der Waals surface area (Å²) in [5.41, 5.74) is 0.764. The molecule has 0 heterocycles. The molecule has 0 amide bonds. The maximum absolute atomic E-state index is 2.37. The summed E-state index contributed by atoms with van der Waals surface area (Å²) < 4.78 is 0. The molecule has 0 heteroatoms. The number of hydrogen-bond acceptors (Lipinski definition) is 0. The van der Waals surface area contributed by atoms with Crippen molar-refractivity contribution < 1.29 is 0 Å². The molecule has 0 nitrogen and oxygen atoms in total. The molecule has 0 radical (unpaired) electrons. The van der Waals surface area contributed by atoms with E-state index in [1.165, 1.54) is 64.2 Å². The molecular formula is C32H60. The Labute approximate surface area is 203 Å². The van der Waals surface area contributed by atoms with Crippen molar-refractivity contribution in [2.24, 2.45) is 29.1 Å². The van der Waals surface area contributed by atoms with Crippen molar-refractivity contribution in [3.05, 3.63) is 0 Å². The first-order valence-electron chi connectivity index (χ1n) is 15.7. The molecule has 3 aliphatic carbocycles. The first-order valence-corrected chi connectivity index (χ1v) is 15.7. The van der Waals surface area contributed by atoms with Gasteiger partial charge in [0.1, 0.15) is 0 Å². The molecular weight excluding hydrogens is 384 g/mol. The van der Waals surface area contributed by atoms with E-state index >= 15 is 0 Å². The van der Waals surface area contributed by atoms with E-state index in [2.05, 4.69) is 13.8 Å². The zero-order valence-corrected chi connectivity index (χ0v) is 22.5. The summed E-state index contributed by atoms with van der Waals surface area (Å²) in [5, 5.41) is 0. The van der Waals surface area contributed by atoms with E-state index in [1.807, 2.05) is 0 Å². The zero-order chi connectivity index (χ0) is 22.5. The van der Waals surface area contributed by atoms with Gasteiger partial charge in [0.2, 0.25) is 0 Å². The fourth-order valence-corrected chi connectivity index (χ4v) is 7.96. The minimum atomic E-state index is 0.764. The van der Waals surface area contributed by atoms with Crippen LogP contribution in [0.25, 0.3) is 0 Å². The summed E-state index contributed by atoms with van der Waals surface area (Å²) in [6.45, 7) is 4.71. The Balaban J connectivity index is 1.27. The van der Waals surface area contributed by atoms with Gasteiger partial charge >= 0.3 is 0 Å². The van der Waals surface area contributed by atoms with Crippen molar-refractivity contribution in [1.82, 2.24) is 0 Å². The van der Waals surface area contributed by atoms with E-state index in [0.717, 1.165) is 29.1 Å². The molecule has 0 saturated heterocycles. The highest BCUT2D eigenvalue weighted by atomic mass is 14.4. The van der Waals surface area contributed by atoms with Crippen molar-refractivity contribution in [2.75, 3.05) is 0 Å². The first-order chi connectivity index (χ1) is 15.7. The van der Waals surface area contributed by atoms with Crippen LogP contribution in [0.5, 0.6) is 0 Å². The van der Waals surface area contributed by atoms with Crippen molar-refractivity contribution in [3.63, 3.8) is 0 Å². The third kappa shape index (κ3) is 9.33. The fourth-order valence-electron chi connectivity index (χ4n) is 7.96. The van der Waals surface area contributed by atoms with Gasteiger partial charge in [-0.15, -0.1) is 0 Å². The van der Waals surface area contributed by atoms with Crippen LogP contribution in [0.1, 0.15) is 174 Å². The SMILES string of the molecule is CCCCCC1CCC(CCC2CCC(CCC3(CCCCC)CCCCC3)CC2)CC1. The maximum atomic E-state index is 2.37. The topological polar surface area (TPSA) is 0 Å². The molecule has 32 heavy (non-hydrogen) atoms. The van der Waals surface area contributed by atoms with Crippen molar-refractivity contribution in [3.8, 4) is 0 Å². The fraction of sp³-hybridized carbons (Fsp3) is 1.00. The summed E-state index contributed by atoms with van der Waals surface area (Å²) in [6.07, 6.45) is 38.3. The van der Waals surface area contributed by atoms with Crippen LogP contribution in [-0.2, 0) is 0 Å². The highest BCUT2D eigenvalue weighted by Gasteiger charge is 2.32. The molecule has 0 bridgehead atoms. The van der Waals surface area contributed by atoms with Gasteiger partial charge in [-0.2, -0.15) is 0 Å². The lowest BCUT2D eigenvalue weighted by Gasteiger charge is -2.39. The summed E-state index contributed by atoms with van der Waals surface area (Å²) in [6, 6.07) is 0. The van der Waals surface area contributed by atoms with E-state index in [-0.39, 0.29) is 0 Å². The third-order valence-corrected chi connectivity index (χ3v) is 10.4. The quantitative estimate of drug-likeness (QED) is 0.234. The molecule has 188 valence electrons. The van der Waals surface area contributed by atoms with E-state index < -0.39 is 0 Å². The van der Waals surface area contributed by atoms with Gasteiger partial charge in [-0.1, -0.05) is 142 Å². The van der Waals surface area contributed by atoms with Crippen LogP contribution in [0, 0.1) is 29.1 Å². The van der Waals surface area contributed by atoms with E-state index in [0.29, 0.717) is 0 Å². The van der Waals surface area contributed by atoms with Crippen molar-refractivity contribution in [2.45, 2.75) is 174 Å². The number of unbranched alkanes of at least 4 members (excludes halogenated alkanes) is 4. The van der Waals surface area contributed by atoms with Crippen LogP contribution < -0.4 is 0 Å². The van der Waals surface area contributed by atoms with Crippen LogP contribution in [0.15, 0.2) is 0 Å². The van der Waals surface area contributed by atoms with Gasteiger partial charge in [-0.25, -0.2) is 0 Å². The predicted molar refractivity (Wildman–Crippen MR) is 143 cm³/mol. The third-order valence-electron chi connectivity index (χ3n) is 10.4. The van der Waals surface area contributed by atoms with Gasteiger partial charge in [0.25, 0.3) is 0 Å². The van der Waals surface area contributed by atoms with Crippen molar-refractivity contribution >= 4 is 0 Å². The van der Waals surface area contributed by atoms with Crippen LogP contribution in [0.4, 0.5) is 0 Å². The van der Waals surface area contributed by atoms with Crippen LogP contribution >= 0.6 is 0 Å². The lowest BCUT2D eigenvalue weighted by atomic mass is 9.66. The van der Waals surface area contributed by atoms with Gasteiger partial charge in [0.05, 0.1) is 0 Å². The van der Waals surface area contributed by atoms with Gasteiger partial charge in [0, 0.05) is 0 Å². The highest BCUT2D eigenvalue weighted by Crippen LogP contribution is 2.47. The minimum Gasteiger partial charge on any atom is -0.0654 e. The van der Waals surface area contributed by atoms with Crippen LogP contribution in [-0.4, -0.2) is 0 Å². The molecule has 0 aromatic heterocycles. The number of rotatable bonds is 14. The van der Waals surface area contributed by atoms with Crippen LogP contribution in [0.2, 0.25) is 0 Å². The Morgan fingerprint density at radius 2 is 0.938 bits per heavy atom. The smallest absolute Gasteiger partial charge is 0.0297 e. The summed E-state index contributed by atoms with van der Waals surface area (Å²) in [4.78, 5) is 0. The molecule has 0 spiro atoms. The Bertz CT molecular complexity index is 443. The Kier molecular flexibility index (Phi) is 12.5. The molecule has 0 atom stereocenters. The molecule has 0 aromatic rings. The first kappa shape index (κ1) is 26.6. The molecule has 3 rings (SSSR count). The van der Waals surface area contributed by atoms with Gasteiger partial charge in [-0.3, -0.25) is 0 Å². The summed E-state index contributed by atoms with van der Waals surface area (Å²) >= 11 is 0. The minimum absolute atomic E-state index is 0.764. The largest absolute Gasteiger partial charge is 0.0654 e. The van der Waals surface area contributed by atoms with Gasteiger partial charge in [-0.05, 0) is 61.2 Å². The zero-order valence-electron chi connectivity index (χ0n) is 22.5. The van der Waals surface area contributed by atoms with Crippen LogP contribution in [0.3, 0.4) is 0 Å². The predicted octanol–water partition coefficient (Wildman–Crippen LogP) is 11.3. The van der Waals surface area contributed by atoms with E-state index in [4.69, 9.17) is 0 Å². The van der Waals surface area contributed by atoms with E-state index in [1.54, 1.807) is 96.3 Å². The summed E-state index contributed by atoms with van der Waals surface area (Å²) in [5.74, 6) is 4.34. The molecule has 0 aliphatic heterocycles. The maximum Gasteiger partial charge on any atom is -0.0297 e. The van der Waals surface area contributed by atoms with E-state index in [9.17, 15) is 0 Å². The number of hydrogen-bond donors (Lipinski definition) is 0. The molecule has 3 saturated carbocycles. The van der Waals surface area contributed by atoms with Gasteiger partial charge < -0.3 is 0 Å². The monoisotopic (exact) mass is 444 g/mol. The second-order valence-corrected chi connectivity index (χ2v) is 12.9.